The Bertz CT molecular complexity index is 753. The molecule has 134 valence electrons. The number of amides is 1. The molecule has 7 heteroatoms. The molecule has 0 spiro atoms. The summed E-state index contributed by atoms with van der Waals surface area (Å²) in [6.07, 6.45) is 1.09. The molecule has 1 aromatic carbocycles. The van der Waals surface area contributed by atoms with Crippen LogP contribution >= 0.6 is 11.6 Å². The van der Waals surface area contributed by atoms with Crippen molar-refractivity contribution in [2.75, 3.05) is 13.2 Å². The second-order valence-electron chi connectivity index (χ2n) is 6.56. The summed E-state index contributed by atoms with van der Waals surface area (Å²) in [5, 5.41) is 7.78. The van der Waals surface area contributed by atoms with E-state index < -0.39 is 18.4 Å². The van der Waals surface area contributed by atoms with E-state index in [-0.39, 0.29) is 23.0 Å². The van der Waals surface area contributed by atoms with Crippen LogP contribution in [0.3, 0.4) is 0 Å². The zero-order chi connectivity index (χ0) is 18.4. The second kappa shape index (κ2) is 6.41. The fourth-order valence-electron chi connectivity index (χ4n) is 3.45. The Morgan fingerprint density at radius 2 is 2.24 bits per heavy atom. The Morgan fingerprint density at radius 1 is 1.52 bits per heavy atom. The van der Waals surface area contributed by atoms with Crippen molar-refractivity contribution < 1.29 is 18.3 Å². The lowest BCUT2D eigenvalue weighted by Crippen LogP contribution is -2.39. The van der Waals surface area contributed by atoms with Crippen LogP contribution in [0.2, 0.25) is 0 Å². The molecule has 1 amide bonds. The van der Waals surface area contributed by atoms with Crippen LogP contribution in [0.1, 0.15) is 24.1 Å². The highest BCUT2D eigenvalue weighted by molar-refractivity contribution is 6.66. The molecule has 1 fully saturated rings. The Kier molecular flexibility index (Phi) is 4.58. The Morgan fingerprint density at radius 3 is 2.72 bits per heavy atom. The highest BCUT2D eigenvalue weighted by Crippen LogP contribution is 2.50. The summed E-state index contributed by atoms with van der Waals surface area (Å²) < 4.78 is 29.7. The molecular formula is C18H19ClF2N2O2. The van der Waals surface area contributed by atoms with Crippen molar-refractivity contribution in [2.24, 2.45) is 11.3 Å². The molecule has 1 N–H and O–H groups in total. The minimum Gasteiger partial charge on any atom is -0.487 e. The first-order valence-electron chi connectivity index (χ1n) is 8.02. The molecule has 0 radical (unpaired) electrons. The van der Waals surface area contributed by atoms with E-state index in [0.717, 1.165) is 11.1 Å². The number of rotatable bonds is 6. The van der Waals surface area contributed by atoms with Gasteiger partial charge in [0.05, 0.1) is 17.4 Å². The van der Waals surface area contributed by atoms with Gasteiger partial charge in [-0.2, -0.15) is 0 Å². The molecule has 0 aromatic heterocycles. The number of alkyl halides is 2. The summed E-state index contributed by atoms with van der Waals surface area (Å²) >= 11 is 5.93. The van der Waals surface area contributed by atoms with Gasteiger partial charge in [0.2, 0.25) is 5.91 Å². The number of likely N-dealkylation sites (tertiary alicyclic amines) is 1. The maximum atomic E-state index is 12.6. The van der Waals surface area contributed by atoms with Gasteiger partial charge in [-0.1, -0.05) is 35.9 Å². The van der Waals surface area contributed by atoms with Gasteiger partial charge in [-0.05, 0) is 31.0 Å². The smallest absolute Gasteiger partial charge is 0.272 e. The van der Waals surface area contributed by atoms with Gasteiger partial charge < -0.3 is 9.64 Å². The third kappa shape index (κ3) is 2.92. The quantitative estimate of drug-likeness (QED) is 0.611. The number of halogens is 3. The van der Waals surface area contributed by atoms with Crippen LogP contribution in [0, 0.1) is 23.7 Å². The van der Waals surface area contributed by atoms with E-state index >= 15 is 0 Å². The van der Waals surface area contributed by atoms with Gasteiger partial charge in [0.25, 0.3) is 6.43 Å². The van der Waals surface area contributed by atoms with E-state index in [0.29, 0.717) is 12.3 Å². The maximum absolute atomic E-state index is 12.6. The van der Waals surface area contributed by atoms with Gasteiger partial charge in [-0.25, -0.2) is 8.78 Å². The molecule has 3 unspecified atom stereocenters. The fourth-order valence-corrected chi connectivity index (χ4v) is 3.69. The zero-order valence-electron chi connectivity index (χ0n) is 13.9. The highest BCUT2D eigenvalue weighted by atomic mass is 35.5. The molecule has 1 aliphatic heterocycles. The highest BCUT2D eigenvalue weighted by Gasteiger charge is 2.57. The molecule has 1 aliphatic carbocycles. The normalized spacial score (nSPS) is 25.8. The molecule has 0 saturated carbocycles. The number of hydrogen-bond acceptors (Lipinski definition) is 3. The van der Waals surface area contributed by atoms with Crippen LogP contribution in [0.15, 0.2) is 30.4 Å². The SMILES string of the molecule is Cc1cc(C(C)N2CC3(C(=N)Cl)C=CC3C2=O)ccc1OCC(F)F. The molecule has 2 aliphatic rings. The van der Waals surface area contributed by atoms with Crippen LogP contribution in [0.4, 0.5) is 8.78 Å². The number of aryl methyl sites for hydroxylation is 1. The first-order chi connectivity index (χ1) is 11.8. The van der Waals surface area contributed by atoms with Gasteiger partial charge >= 0.3 is 0 Å². The number of carbonyl (C=O) groups is 1. The molecule has 3 rings (SSSR count). The van der Waals surface area contributed by atoms with Crippen LogP contribution in [-0.2, 0) is 4.79 Å². The number of ether oxygens (including phenoxy) is 1. The Hall–Kier alpha value is -1.95. The Balaban J connectivity index is 1.78. The lowest BCUT2D eigenvalue weighted by atomic mass is 9.70. The van der Waals surface area contributed by atoms with Gasteiger partial charge in [-0.3, -0.25) is 10.2 Å². The van der Waals surface area contributed by atoms with Gasteiger partial charge in [0, 0.05) is 6.54 Å². The van der Waals surface area contributed by atoms with Crippen molar-refractivity contribution in [3.05, 3.63) is 41.5 Å². The first kappa shape index (κ1) is 17.9. The standard InChI is InChI=1S/C18H19ClF2N2O2/c1-10-7-12(3-4-14(10)25-8-15(20)21)11(2)23-9-18(17(19)22)6-5-13(18)16(23)24/h3-7,11,13,15,22H,8-9H2,1-2H3. The fraction of sp³-hybridized carbons (Fsp3) is 0.444. The van der Waals surface area contributed by atoms with E-state index in [2.05, 4.69) is 0 Å². The summed E-state index contributed by atoms with van der Waals surface area (Å²) in [5.74, 6) is -0.00415. The second-order valence-corrected chi connectivity index (χ2v) is 6.94. The predicted molar refractivity (Wildman–Crippen MR) is 91.4 cm³/mol. The number of nitrogens with one attached hydrogen (secondary N) is 1. The zero-order valence-corrected chi connectivity index (χ0v) is 14.7. The average Bonchev–Trinajstić information content (AvgIpc) is 2.71. The van der Waals surface area contributed by atoms with Crippen molar-refractivity contribution in [3.63, 3.8) is 0 Å². The maximum Gasteiger partial charge on any atom is 0.272 e. The third-order valence-electron chi connectivity index (χ3n) is 5.04. The lowest BCUT2D eigenvalue weighted by Gasteiger charge is -2.33. The van der Waals surface area contributed by atoms with E-state index in [4.69, 9.17) is 21.7 Å². The number of hydrogen-bond donors (Lipinski definition) is 1. The van der Waals surface area contributed by atoms with Gasteiger partial charge in [0.1, 0.15) is 17.5 Å². The van der Waals surface area contributed by atoms with E-state index in [1.807, 2.05) is 19.1 Å². The third-order valence-corrected chi connectivity index (χ3v) is 5.40. The summed E-state index contributed by atoms with van der Waals surface area (Å²) in [6, 6.07) is 5.05. The largest absolute Gasteiger partial charge is 0.487 e. The van der Waals surface area contributed by atoms with Gasteiger partial charge in [0.15, 0.2) is 0 Å². The van der Waals surface area contributed by atoms with Crippen LogP contribution in [0.5, 0.6) is 5.75 Å². The van der Waals surface area contributed by atoms with Crippen LogP contribution in [0.25, 0.3) is 0 Å². The molecule has 0 bridgehead atoms. The molecule has 1 heterocycles. The number of fused-ring (bicyclic) bond motifs is 1. The molecular weight excluding hydrogens is 350 g/mol. The number of benzene rings is 1. The molecule has 1 aromatic rings. The topological polar surface area (TPSA) is 53.4 Å². The molecule has 3 atom stereocenters. The van der Waals surface area contributed by atoms with Crippen molar-refractivity contribution in [1.29, 1.82) is 5.41 Å². The van der Waals surface area contributed by atoms with E-state index in [1.165, 1.54) is 0 Å². The van der Waals surface area contributed by atoms with Crippen molar-refractivity contribution in [3.8, 4) is 5.75 Å². The van der Waals surface area contributed by atoms with E-state index in [9.17, 15) is 13.6 Å². The monoisotopic (exact) mass is 368 g/mol. The summed E-state index contributed by atoms with van der Waals surface area (Å²) in [4.78, 5) is 14.4. The lowest BCUT2D eigenvalue weighted by molar-refractivity contribution is -0.131. The van der Waals surface area contributed by atoms with Gasteiger partial charge in [-0.15, -0.1) is 0 Å². The first-order valence-corrected chi connectivity index (χ1v) is 8.40. The van der Waals surface area contributed by atoms with Crippen molar-refractivity contribution in [2.45, 2.75) is 26.3 Å². The summed E-state index contributed by atoms with van der Waals surface area (Å²) in [7, 11) is 0. The molecule has 4 nitrogen and oxygen atoms in total. The molecule has 25 heavy (non-hydrogen) atoms. The average molecular weight is 369 g/mol. The van der Waals surface area contributed by atoms with Crippen molar-refractivity contribution >= 4 is 22.7 Å². The minimum atomic E-state index is -2.52. The minimum absolute atomic E-state index is 0.0185. The summed E-state index contributed by atoms with van der Waals surface area (Å²) in [6.45, 7) is 3.42. The predicted octanol–water partition coefficient (Wildman–Crippen LogP) is 3.93. The molecule has 1 saturated heterocycles. The number of carbonyl (C=O) groups excluding carboxylic acids is 1. The summed E-state index contributed by atoms with van der Waals surface area (Å²) in [5.41, 5.74) is 0.924. The van der Waals surface area contributed by atoms with Crippen LogP contribution < -0.4 is 4.74 Å². The number of nitrogens with zero attached hydrogens (tertiary/aromatic N) is 1. The van der Waals surface area contributed by atoms with Crippen molar-refractivity contribution in [1.82, 2.24) is 4.90 Å². The Labute approximate surface area is 149 Å². The van der Waals surface area contributed by atoms with Crippen LogP contribution in [-0.4, -0.2) is 35.6 Å². The van der Waals surface area contributed by atoms with E-state index in [1.54, 1.807) is 30.0 Å².